The summed E-state index contributed by atoms with van der Waals surface area (Å²) < 4.78 is 0. The van der Waals surface area contributed by atoms with Gasteiger partial charge in [-0.25, -0.2) is 4.79 Å². The Hall–Kier alpha value is -1.18. The van der Waals surface area contributed by atoms with Crippen LogP contribution in [0.25, 0.3) is 0 Å². The van der Waals surface area contributed by atoms with Gasteiger partial charge in [-0.1, -0.05) is 0 Å². The van der Waals surface area contributed by atoms with E-state index in [1.54, 1.807) is 0 Å². The van der Waals surface area contributed by atoms with Crippen LogP contribution in [0.3, 0.4) is 0 Å². The molecule has 86 valence electrons. The predicted molar refractivity (Wildman–Crippen MR) is 47.3 cm³/mol. The Bertz CT molecular complexity index is 268. The van der Waals surface area contributed by atoms with Gasteiger partial charge in [0.2, 0.25) is 0 Å². The standard InChI is InChI=1S/C8H13NO6/c10-4-1-5(7(12)13)9(2-4)3-6(11)8(14)15/h4-6,10-11H,1-3H2,(H,12,13)(H,14,15)/t4-,5+,6?/m1/s1. The average Bonchev–Trinajstić information content (AvgIpc) is 2.46. The van der Waals surface area contributed by atoms with Crippen molar-refractivity contribution in [1.29, 1.82) is 0 Å². The van der Waals surface area contributed by atoms with E-state index in [-0.39, 0.29) is 19.5 Å². The smallest absolute Gasteiger partial charge is 0.333 e. The second-order valence-electron chi connectivity index (χ2n) is 3.55. The van der Waals surface area contributed by atoms with Crippen LogP contribution in [0.4, 0.5) is 0 Å². The molecule has 0 amide bonds. The Labute approximate surface area is 85.5 Å². The van der Waals surface area contributed by atoms with Gasteiger partial charge in [0.05, 0.1) is 6.10 Å². The monoisotopic (exact) mass is 219 g/mol. The molecule has 1 unspecified atom stereocenters. The maximum atomic E-state index is 10.7. The molecule has 7 nitrogen and oxygen atoms in total. The van der Waals surface area contributed by atoms with Crippen molar-refractivity contribution in [3.8, 4) is 0 Å². The number of carbonyl (C=O) groups is 2. The summed E-state index contributed by atoms with van der Waals surface area (Å²) in [5.41, 5.74) is 0. The average molecular weight is 219 g/mol. The summed E-state index contributed by atoms with van der Waals surface area (Å²) in [6.45, 7) is -0.218. The van der Waals surface area contributed by atoms with Gasteiger partial charge in [-0.3, -0.25) is 9.69 Å². The fraction of sp³-hybridized carbons (Fsp3) is 0.750. The van der Waals surface area contributed by atoms with Crippen LogP contribution in [0.15, 0.2) is 0 Å². The van der Waals surface area contributed by atoms with E-state index in [2.05, 4.69) is 0 Å². The first-order chi connectivity index (χ1) is 6.91. The molecule has 1 rings (SSSR count). The lowest BCUT2D eigenvalue weighted by molar-refractivity contribution is -0.150. The van der Waals surface area contributed by atoms with E-state index < -0.39 is 30.2 Å². The Morgan fingerprint density at radius 1 is 1.40 bits per heavy atom. The second-order valence-corrected chi connectivity index (χ2v) is 3.55. The van der Waals surface area contributed by atoms with E-state index in [9.17, 15) is 14.7 Å². The number of aliphatic carboxylic acids is 2. The van der Waals surface area contributed by atoms with Crippen LogP contribution in [0.1, 0.15) is 6.42 Å². The van der Waals surface area contributed by atoms with Crippen LogP contribution in [0.5, 0.6) is 0 Å². The van der Waals surface area contributed by atoms with Crippen molar-refractivity contribution in [2.24, 2.45) is 0 Å². The van der Waals surface area contributed by atoms with Crippen LogP contribution >= 0.6 is 0 Å². The molecule has 1 fully saturated rings. The van der Waals surface area contributed by atoms with Gasteiger partial charge in [0.15, 0.2) is 6.10 Å². The summed E-state index contributed by atoms with van der Waals surface area (Å²) in [6.07, 6.45) is -2.36. The van der Waals surface area contributed by atoms with Crippen molar-refractivity contribution in [2.45, 2.75) is 24.7 Å². The zero-order chi connectivity index (χ0) is 11.6. The lowest BCUT2D eigenvalue weighted by Crippen LogP contribution is -2.43. The summed E-state index contributed by atoms with van der Waals surface area (Å²) in [4.78, 5) is 22.3. The highest BCUT2D eigenvalue weighted by molar-refractivity contribution is 5.75. The van der Waals surface area contributed by atoms with Crippen molar-refractivity contribution in [3.05, 3.63) is 0 Å². The van der Waals surface area contributed by atoms with Crippen LogP contribution < -0.4 is 0 Å². The summed E-state index contributed by atoms with van der Waals surface area (Å²) in [5.74, 6) is -2.52. The molecule has 0 radical (unpaired) electrons. The molecule has 1 aliphatic rings. The van der Waals surface area contributed by atoms with Gasteiger partial charge < -0.3 is 20.4 Å². The molecular weight excluding hydrogens is 206 g/mol. The molecule has 0 aromatic rings. The number of aliphatic hydroxyl groups excluding tert-OH is 2. The fourth-order valence-corrected chi connectivity index (χ4v) is 1.64. The first kappa shape index (κ1) is 11.9. The number of aliphatic hydroxyl groups is 2. The number of likely N-dealkylation sites (tertiary alicyclic amines) is 1. The zero-order valence-corrected chi connectivity index (χ0v) is 7.91. The molecule has 0 spiro atoms. The van der Waals surface area contributed by atoms with Gasteiger partial charge in [-0.2, -0.15) is 0 Å². The lowest BCUT2D eigenvalue weighted by Gasteiger charge is -2.21. The van der Waals surface area contributed by atoms with Gasteiger partial charge in [-0.05, 0) is 0 Å². The topological polar surface area (TPSA) is 118 Å². The van der Waals surface area contributed by atoms with Crippen LogP contribution in [-0.2, 0) is 9.59 Å². The number of nitrogens with zero attached hydrogens (tertiary/aromatic N) is 1. The summed E-state index contributed by atoms with van der Waals surface area (Å²) >= 11 is 0. The molecule has 0 bridgehead atoms. The first-order valence-electron chi connectivity index (χ1n) is 4.47. The molecule has 0 aromatic heterocycles. The van der Waals surface area contributed by atoms with Crippen molar-refractivity contribution < 1.29 is 30.0 Å². The first-order valence-corrected chi connectivity index (χ1v) is 4.47. The SMILES string of the molecule is O=C(O)C(O)CN1C[C@H](O)C[C@H]1C(=O)O. The summed E-state index contributed by atoms with van der Waals surface area (Å²) in [6, 6.07) is -0.922. The van der Waals surface area contributed by atoms with Crippen molar-refractivity contribution >= 4 is 11.9 Å². The van der Waals surface area contributed by atoms with E-state index in [0.29, 0.717) is 0 Å². The number of hydrogen-bond acceptors (Lipinski definition) is 5. The molecule has 0 aliphatic carbocycles. The normalized spacial score (nSPS) is 28.9. The second kappa shape index (κ2) is 4.56. The molecule has 0 saturated carbocycles. The van der Waals surface area contributed by atoms with E-state index >= 15 is 0 Å². The van der Waals surface area contributed by atoms with Gasteiger partial charge in [0.1, 0.15) is 6.04 Å². The van der Waals surface area contributed by atoms with Crippen LogP contribution in [0, 0.1) is 0 Å². The Balaban J connectivity index is 2.59. The quantitative estimate of drug-likeness (QED) is 0.429. The number of carboxylic acid groups (broad SMARTS) is 2. The molecule has 1 heterocycles. The maximum Gasteiger partial charge on any atom is 0.333 e. The number of β-amino-alcohol motifs (C(OH)–C–C–N with tert-alkyl or cyclic N) is 2. The van der Waals surface area contributed by atoms with Gasteiger partial charge in [0.25, 0.3) is 0 Å². The Morgan fingerprint density at radius 3 is 2.47 bits per heavy atom. The van der Waals surface area contributed by atoms with Crippen molar-refractivity contribution in [1.82, 2.24) is 4.90 Å². The third-order valence-electron chi connectivity index (χ3n) is 2.36. The predicted octanol–water partition coefficient (Wildman–Crippen LogP) is -2.05. The minimum Gasteiger partial charge on any atom is -0.480 e. The molecular formula is C8H13NO6. The van der Waals surface area contributed by atoms with Gasteiger partial charge in [-0.15, -0.1) is 0 Å². The highest BCUT2D eigenvalue weighted by atomic mass is 16.4. The molecule has 0 aromatic carbocycles. The number of carboxylic acids is 2. The fourth-order valence-electron chi connectivity index (χ4n) is 1.64. The number of hydrogen-bond donors (Lipinski definition) is 4. The molecule has 1 saturated heterocycles. The van der Waals surface area contributed by atoms with Crippen LogP contribution in [0.2, 0.25) is 0 Å². The van der Waals surface area contributed by atoms with Crippen molar-refractivity contribution in [2.75, 3.05) is 13.1 Å². The molecule has 3 atom stereocenters. The van der Waals surface area contributed by atoms with Gasteiger partial charge in [0, 0.05) is 19.5 Å². The molecule has 7 heteroatoms. The molecule has 1 aliphatic heterocycles. The van der Waals surface area contributed by atoms with Crippen molar-refractivity contribution in [3.63, 3.8) is 0 Å². The summed E-state index contributed by atoms with van der Waals surface area (Å²) in [7, 11) is 0. The van der Waals surface area contributed by atoms with Gasteiger partial charge >= 0.3 is 11.9 Å². The zero-order valence-electron chi connectivity index (χ0n) is 7.91. The largest absolute Gasteiger partial charge is 0.480 e. The Kier molecular flexibility index (Phi) is 3.61. The summed E-state index contributed by atoms with van der Waals surface area (Å²) in [5, 5.41) is 35.5. The van der Waals surface area contributed by atoms with E-state index in [1.807, 2.05) is 0 Å². The van der Waals surface area contributed by atoms with Crippen LogP contribution in [-0.4, -0.2) is 68.6 Å². The highest BCUT2D eigenvalue weighted by Crippen LogP contribution is 2.18. The van der Waals surface area contributed by atoms with E-state index in [4.69, 9.17) is 15.3 Å². The minimum atomic E-state index is -1.63. The third kappa shape index (κ3) is 2.88. The molecule has 15 heavy (non-hydrogen) atoms. The number of rotatable bonds is 4. The third-order valence-corrected chi connectivity index (χ3v) is 2.36. The Morgan fingerprint density at radius 2 is 2.00 bits per heavy atom. The lowest BCUT2D eigenvalue weighted by atomic mass is 10.2. The minimum absolute atomic E-state index is 0.0572. The van der Waals surface area contributed by atoms with E-state index in [0.717, 1.165) is 0 Å². The maximum absolute atomic E-state index is 10.7. The van der Waals surface area contributed by atoms with E-state index in [1.165, 1.54) is 4.90 Å². The highest BCUT2D eigenvalue weighted by Gasteiger charge is 2.37. The molecule has 4 N–H and O–H groups in total.